The molecule has 112 valence electrons. The first-order valence-corrected chi connectivity index (χ1v) is 8.54. The van der Waals surface area contributed by atoms with Crippen molar-refractivity contribution in [3.05, 3.63) is 70.2 Å². The van der Waals surface area contributed by atoms with Crippen LogP contribution in [0.1, 0.15) is 21.3 Å². The zero-order valence-electron chi connectivity index (χ0n) is 11.5. The minimum atomic E-state index is -0.279. The van der Waals surface area contributed by atoms with Crippen molar-refractivity contribution in [2.45, 2.75) is 5.37 Å². The van der Waals surface area contributed by atoms with E-state index >= 15 is 0 Å². The number of thioether (sulfide) groups is 1. The number of carbonyl (C=O) groups excluding carboxylic acids is 2. The molecule has 0 aliphatic carbocycles. The van der Waals surface area contributed by atoms with Crippen molar-refractivity contribution < 1.29 is 9.59 Å². The second-order valence-corrected chi connectivity index (χ2v) is 6.77. The number of carbonyl (C=O) groups is 2. The van der Waals surface area contributed by atoms with E-state index in [-0.39, 0.29) is 17.2 Å². The van der Waals surface area contributed by atoms with Crippen molar-refractivity contribution >= 4 is 39.5 Å². The average Bonchev–Trinajstić information content (AvgIpc) is 2.90. The standard InChI is InChI=1S/C16H13BrN2O2S/c17-13-8-6-12(7-9-13)16-19(14(20)10-22-16)18-15(21)11-4-2-1-3-5-11/h1-9,16H,10H2,(H,18,21). The smallest absolute Gasteiger partial charge is 0.269 e. The van der Waals surface area contributed by atoms with E-state index in [9.17, 15) is 9.59 Å². The van der Waals surface area contributed by atoms with Gasteiger partial charge < -0.3 is 0 Å². The van der Waals surface area contributed by atoms with E-state index in [1.807, 2.05) is 30.3 Å². The maximum Gasteiger partial charge on any atom is 0.269 e. The largest absolute Gasteiger partial charge is 0.272 e. The minimum Gasteiger partial charge on any atom is -0.272 e. The van der Waals surface area contributed by atoms with Crippen molar-refractivity contribution in [3.63, 3.8) is 0 Å². The van der Waals surface area contributed by atoms with Gasteiger partial charge in [-0.2, -0.15) is 0 Å². The second kappa shape index (κ2) is 6.54. The van der Waals surface area contributed by atoms with Gasteiger partial charge in [0.25, 0.3) is 11.8 Å². The molecular formula is C16H13BrN2O2S. The van der Waals surface area contributed by atoms with E-state index in [4.69, 9.17) is 0 Å². The Morgan fingerprint density at radius 3 is 2.50 bits per heavy atom. The molecule has 0 aromatic heterocycles. The summed E-state index contributed by atoms with van der Waals surface area (Å²) in [5.41, 5.74) is 4.23. The molecule has 1 fully saturated rings. The molecule has 2 aromatic carbocycles. The first-order chi connectivity index (χ1) is 10.6. The number of hydrazine groups is 1. The number of hydrogen-bond donors (Lipinski definition) is 1. The van der Waals surface area contributed by atoms with Crippen LogP contribution >= 0.6 is 27.7 Å². The zero-order valence-corrected chi connectivity index (χ0v) is 13.9. The van der Waals surface area contributed by atoms with E-state index in [1.165, 1.54) is 16.8 Å². The summed E-state index contributed by atoms with van der Waals surface area (Å²) in [5.74, 6) is -0.0174. The van der Waals surface area contributed by atoms with Crippen LogP contribution in [-0.4, -0.2) is 22.6 Å². The topological polar surface area (TPSA) is 49.4 Å². The average molecular weight is 377 g/mol. The van der Waals surface area contributed by atoms with Crippen molar-refractivity contribution in [2.75, 3.05) is 5.75 Å². The summed E-state index contributed by atoms with van der Waals surface area (Å²) in [6.45, 7) is 0. The van der Waals surface area contributed by atoms with Crippen LogP contribution in [0.25, 0.3) is 0 Å². The highest BCUT2D eigenvalue weighted by Crippen LogP contribution is 2.37. The van der Waals surface area contributed by atoms with Gasteiger partial charge in [-0.05, 0) is 29.8 Å². The summed E-state index contributed by atoms with van der Waals surface area (Å²) < 4.78 is 0.977. The number of hydrogen-bond acceptors (Lipinski definition) is 3. The number of nitrogens with one attached hydrogen (secondary N) is 1. The molecule has 0 saturated carbocycles. The van der Waals surface area contributed by atoms with Crippen molar-refractivity contribution in [3.8, 4) is 0 Å². The Hall–Kier alpha value is -1.79. The highest BCUT2D eigenvalue weighted by molar-refractivity contribution is 9.10. The third-order valence-corrected chi connectivity index (χ3v) is 5.02. The first-order valence-electron chi connectivity index (χ1n) is 6.70. The summed E-state index contributed by atoms with van der Waals surface area (Å²) in [4.78, 5) is 24.3. The number of benzene rings is 2. The monoisotopic (exact) mass is 376 g/mol. The quantitative estimate of drug-likeness (QED) is 0.893. The molecule has 2 amide bonds. The van der Waals surface area contributed by atoms with Gasteiger partial charge in [0.1, 0.15) is 5.37 Å². The molecule has 6 heteroatoms. The molecule has 1 N–H and O–H groups in total. The van der Waals surface area contributed by atoms with E-state index in [0.717, 1.165) is 10.0 Å². The van der Waals surface area contributed by atoms with E-state index in [1.54, 1.807) is 24.3 Å². The lowest BCUT2D eigenvalue weighted by Crippen LogP contribution is -2.44. The van der Waals surface area contributed by atoms with E-state index < -0.39 is 0 Å². The van der Waals surface area contributed by atoms with Crippen molar-refractivity contribution in [1.29, 1.82) is 0 Å². The maximum atomic E-state index is 12.3. The summed E-state index contributed by atoms with van der Waals surface area (Å²) in [5, 5.41) is 1.22. The lowest BCUT2D eigenvalue weighted by atomic mass is 10.2. The molecule has 1 aliphatic heterocycles. The molecule has 1 unspecified atom stereocenters. The molecule has 1 aliphatic rings. The number of halogens is 1. The molecule has 4 nitrogen and oxygen atoms in total. The van der Waals surface area contributed by atoms with Gasteiger partial charge in [0.15, 0.2) is 0 Å². The number of amides is 2. The molecular weight excluding hydrogens is 364 g/mol. The maximum absolute atomic E-state index is 12.3. The molecule has 2 aromatic rings. The fourth-order valence-electron chi connectivity index (χ4n) is 2.18. The van der Waals surface area contributed by atoms with Crippen LogP contribution in [0.4, 0.5) is 0 Å². The third-order valence-electron chi connectivity index (χ3n) is 3.28. The van der Waals surface area contributed by atoms with E-state index in [0.29, 0.717) is 11.3 Å². The Morgan fingerprint density at radius 1 is 1.14 bits per heavy atom. The Labute approximate surface area is 141 Å². The van der Waals surface area contributed by atoms with Gasteiger partial charge in [-0.25, -0.2) is 5.01 Å². The van der Waals surface area contributed by atoms with Gasteiger partial charge in [0.2, 0.25) is 0 Å². The third kappa shape index (κ3) is 3.18. The van der Waals surface area contributed by atoms with Crippen molar-refractivity contribution in [2.24, 2.45) is 0 Å². The minimum absolute atomic E-state index is 0.0952. The van der Waals surface area contributed by atoms with Gasteiger partial charge in [0.05, 0.1) is 5.75 Å². The van der Waals surface area contributed by atoms with Gasteiger partial charge in [-0.15, -0.1) is 11.8 Å². The molecule has 3 rings (SSSR count). The predicted octanol–water partition coefficient (Wildman–Crippen LogP) is 3.37. The van der Waals surface area contributed by atoms with Crippen LogP contribution in [0.15, 0.2) is 59.1 Å². The van der Waals surface area contributed by atoms with Crippen LogP contribution in [0.2, 0.25) is 0 Å². The van der Waals surface area contributed by atoms with Crippen LogP contribution in [0.3, 0.4) is 0 Å². The van der Waals surface area contributed by atoms with Gasteiger partial charge in [0, 0.05) is 10.0 Å². The fourth-order valence-corrected chi connectivity index (χ4v) is 3.56. The molecule has 0 radical (unpaired) electrons. The Bertz CT molecular complexity index is 691. The number of nitrogens with zero attached hydrogens (tertiary/aromatic N) is 1. The molecule has 1 heterocycles. The zero-order chi connectivity index (χ0) is 15.5. The molecule has 1 saturated heterocycles. The normalized spacial score (nSPS) is 17.6. The van der Waals surface area contributed by atoms with Crippen LogP contribution in [0, 0.1) is 0 Å². The molecule has 0 spiro atoms. The Morgan fingerprint density at radius 2 is 1.82 bits per heavy atom. The number of rotatable bonds is 3. The van der Waals surface area contributed by atoms with Crippen LogP contribution in [0.5, 0.6) is 0 Å². The first kappa shape index (κ1) is 15.1. The second-order valence-electron chi connectivity index (χ2n) is 4.79. The summed E-state index contributed by atoms with van der Waals surface area (Å²) in [6.07, 6.45) is 0. The lowest BCUT2D eigenvalue weighted by Gasteiger charge is -2.24. The Kier molecular flexibility index (Phi) is 4.49. The van der Waals surface area contributed by atoms with Crippen LogP contribution < -0.4 is 5.43 Å². The van der Waals surface area contributed by atoms with E-state index in [2.05, 4.69) is 21.4 Å². The highest BCUT2D eigenvalue weighted by atomic mass is 79.9. The molecule has 1 atom stereocenters. The molecule has 0 bridgehead atoms. The Balaban J connectivity index is 1.79. The lowest BCUT2D eigenvalue weighted by molar-refractivity contribution is -0.130. The molecule has 22 heavy (non-hydrogen) atoms. The SMILES string of the molecule is O=C(NN1C(=O)CSC1c1ccc(Br)cc1)c1ccccc1. The summed E-state index contributed by atoms with van der Waals surface area (Å²) in [7, 11) is 0. The summed E-state index contributed by atoms with van der Waals surface area (Å²) >= 11 is 4.90. The van der Waals surface area contributed by atoms with Gasteiger partial charge in [-0.3, -0.25) is 15.0 Å². The fraction of sp³-hybridized carbons (Fsp3) is 0.125. The van der Waals surface area contributed by atoms with Gasteiger partial charge >= 0.3 is 0 Å². The van der Waals surface area contributed by atoms with Crippen LogP contribution in [-0.2, 0) is 4.79 Å². The van der Waals surface area contributed by atoms with Gasteiger partial charge in [-0.1, -0.05) is 46.3 Å². The summed E-state index contributed by atoms with van der Waals surface area (Å²) in [6, 6.07) is 16.6. The predicted molar refractivity (Wildman–Crippen MR) is 90.1 cm³/mol. The van der Waals surface area contributed by atoms with Crippen molar-refractivity contribution in [1.82, 2.24) is 10.4 Å². The highest BCUT2D eigenvalue weighted by Gasteiger charge is 2.34.